The van der Waals surface area contributed by atoms with Gasteiger partial charge in [-0.2, -0.15) is 0 Å². The number of hydrogen-bond acceptors (Lipinski definition) is 5. The molecule has 1 N–H and O–H groups in total. The van der Waals surface area contributed by atoms with Crippen molar-refractivity contribution in [2.75, 3.05) is 37.6 Å². The first kappa shape index (κ1) is 22.8. The number of piperazine rings is 1. The smallest absolute Gasteiger partial charge is 0.240 e. The number of hydrogen-bond donors (Lipinski definition) is 1. The molecule has 166 valence electrons. The SMILES string of the molecule is CC(=O)c1ccc(N2CCN(C(=O)CCNS(=O)(=O)c3ccc(F)c(F)c3)CC2)cc1. The zero-order valence-electron chi connectivity index (χ0n) is 17.0. The van der Waals surface area contributed by atoms with Crippen LogP contribution in [0.4, 0.5) is 14.5 Å². The molecule has 1 aliphatic rings. The highest BCUT2D eigenvalue weighted by Gasteiger charge is 2.22. The molecule has 7 nitrogen and oxygen atoms in total. The first-order valence-electron chi connectivity index (χ1n) is 9.76. The van der Waals surface area contributed by atoms with Crippen LogP contribution in [0.2, 0.25) is 0 Å². The molecule has 10 heteroatoms. The lowest BCUT2D eigenvalue weighted by atomic mass is 10.1. The molecule has 0 aromatic heterocycles. The third-order valence-electron chi connectivity index (χ3n) is 5.10. The zero-order chi connectivity index (χ0) is 22.6. The van der Waals surface area contributed by atoms with E-state index in [0.29, 0.717) is 37.8 Å². The molecule has 0 unspecified atom stereocenters. The minimum atomic E-state index is -4.04. The quantitative estimate of drug-likeness (QED) is 0.652. The van der Waals surface area contributed by atoms with Crippen LogP contribution in [0.15, 0.2) is 47.4 Å². The molecule has 2 aromatic rings. The molecule has 1 fully saturated rings. The highest BCUT2D eigenvalue weighted by molar-refractivity contribution is 7.89. The number of anilines is 1. The van der Waals surface area contributed by atoms with Crippen molar-refractivity contribution in [3.8, 4) is 0 Å². The van der Waals surface area contributed by atoms with E-state index in [9.17, 15) is 26.8 Å². The van der Waals surface area contributed by atoms with Crippen LogP contribution in [-0.2, 0) is 14.8 Å². The average Bonchev–Trinajstić information content (AvgIpc) is 2.75. The van der Waals surface area contributed by atoms with Gasteiger partial charge < -0.3 is 9.80 Å². The van der Waals surface area contributed by atoms with Gasteiger partial charge in [0.1, 0.15) is 0 Å². The summed E-state index contributed by atoms with van der Waals surface area (Å²) in [4.78, 5) is 27.2. The Hall–Kier alpha value is -2.85. The fourth-order valence-corrected chi connectivity index (χ4v) is 4.34. The molecule has 1 heterocycles. The second kappa shape index (κ2) is 9.52. The number of benzene rings is 2. The Morgan fingerprint density at radius 3 is 2.19 bits per heavy atom. The van der Waals surface area contributed by atoms with E-state index < -0.39 is 26.6 Å². The van der Waals surface area contributed by atoms with Gasteiger partial charge >= 0.3 is 0 Å². The number of sulfonamides is 1. The average molecular weight is 451 g/mol. The van der Waals surface area contributed by atoms with E-state index in [1.807, 2.05) is 12.1 Å². The van der Waals surface area contributed by atoms with Gasteiger partial charge in [0.2, 0.25) is 15.9 Å². The van der Waals surface area contributed by atoms with E-state index in [1.54, 1.807) is 17.0 Å². The van der Waals surface area contributed by atoms with E-state index in [1.165, 1.54) is 6.92 Å². The summed E-state index contributed by atoms with van der Waals surface area (Å²) < 4.78 is 52.8. The molecule has 0 bridgehead atoms. The van der Waals surface area contributed by atoms with Gasteiger partial charge in [-0.25, -0.2) is 21.9 Å². The van der Waals surface area contributed by atoms with Crippen LogP contribution in [0.5, 0.6) is 0 Å². The number of rotatable bonds is 7. The Morgan fingerprint density at radius 1 is 0.968 bits per heavy atom. The molecular weight excluding hydrogens is 428 g/mol. The Balaban J connectivity index is 1.47. The van der Waals surface area contributed by atoms with Crippen LogP contribution >= 0.6 is 0 Å². The van der Waals surface area contributed by atoms with Gasteiger partial charge in [0, 0.05) is 50.4 Å². The summed E-state index contributed by atoms with van der Waals surface area (Å²) in [6.07, 6.45) is -0.0454. The number of amides is 1. The minimum absolute atomic E-state index is 0.00199. The van der Waals surface area contributed by atoms with E-state index in [4.69, 9.17) is 0 Å². The Bertz CT molecular complexity index is 1070. The van der Waals surface area contributed by atoms with Crippen molar-refractivity contribution < 1.29 is 26.8 Å². The van der Waals surface area contributed by atoms with Gasteiger partial charge in [-0.1, -0.05) is 0 Å². The van der Waals surface area contributed by atoms with Crippen molar-refractivity contribution in [3.63, 3.8) is 0 Å². The zero-order valence-corrected chi connectivity index (χ0v) is 17.8. The molecular formula is C21H23F2N3O4S. The largest absolute Gasteiger partial charge is 0.368 e. The maximum absolute atomic E-state index is 13.3. The summed E-state index contributed by atoms with van der Waals surface area (Å²) in [5.41, 5.74) is 1.61. The molecule has 2 aromatic carbocycles. The van der Waals surface area contributed by atoms with Crippen molar-refractivity contribution in [3.05, 3.63) is 59.7 Å². The molecule has 0 saturated carbocycles. The van der Waals surface area contributed by atoms with Crippen molar-refractivity contribution in [2.45, 2.75) is 18.2 Å². The van der Waals surface area contributed by atoms with Crippen molar-refractivity contribution in [1.29, 1.82) is 0 Å². The second-order valence-corrected chi connectivity index (χ2v) is 8.96. The number of carbonyl (C=O) groups excluding carboxylic acids is 2. The van der Waals surface area contributed by atoms with Gasteiger partial charge in [-0.3, -0.25) is 9.59 Å². The summed E-state index contributed by atoms with van der Waals surface area (Å²) in [5.74, 6) is -2.59. The highest BCUT2D eigenvalue weighted by atomic mass is 32.2. The lowest BCUT2D eigenvalue weighted by Gasteiger charge is -2.36. The molecule has 0 radical (unpaired) electrons. The van der Waals surface area contributed by atoms with Crippen molar-refractivity contribution >= 4 is 27.4 Å². The first-order chi connectivity index (χ1) is 14.7. The number of nitrogens with one attached hydrogen (secondary N) is 1. The van der Waals surface area contributed by atoms with Gasteiger partial charge in [-0.05, 0) is 49.4 Å². The Morgan fingerprint density at radius 2 is 1.61 bits per heavy atom. The van der Waals surface area contributed by atoms with E-state index in [0.717, 1.165) is 17.8 Å². The van der Waals surface area contributed by atoms with Gasteiger partial charge in [-0.15, -0.1) is 0 Å². The summed E-state index contributed by atoms with van der Waals surface area (Å²) in [6.45, 7) is 3.58. The molecule has 1 saturated heterocycles. The second-order valence-electron chi connectivity index (χ2n) is 7.19. The highest BCUT2D eigenvalue weighted by Crippen LogP contribution is 2.18. The van der Waals surface area contributed by atoms with Crippen LogP contribution in [-0.4, -0.2) is 57.7 Å². The predicted molar refractivity (Wildman–Crippen MR) is 111 cm³/mol. The fraction of sp³-hybridized carbons (Fsp3) is 0.333. The van der Waals surface area contributed by atoms with Crippen molar-refractivity contribution in [1.82, 2.24) is 9.62 Å². The number of carbonyl (C=O) groups is 2. The number of halogens is 2. The maximum atomic E-state index is 13.3. The normalized spacial score (nSPS) is 14.5. The molecule has 0 spiro atoms. The van der Waals surface area contributed by atoms with E-state index in [-0.39, 0.29) is 24.7 Å². The van der Waals surface area contributed by atoms with Gasteiger partial charge in [0.15, 0.2) is 17.4 Å². The maximum Gasteiger partial charge on any atom is 0.240 e. The number of Topliss-reactive ketones (excluding diaryl/α,β-unsaturated/α-hetero) is 1. The first-order valence-corrected chi connectivity index (χ1v) is 11.2. The summed E-state index contributed by atoms with van der Waals surface area (Å²) in [5, 5.41) is 0. The summed E-state index contributed by atoms with van der Waals surface area (Å²) in [6, 6.07) is 9.60. The van der Waals surface area contributed by atoms with Gasteiger partial charge in [0.25, 0.3) is 0 Å². The van der Waals surface area contributed by atoms with Crippen LogP contribution in [0.25, 0.3) is 0 Å². The number of nitrogens with zero attached hydrogens (tertiary/aromatic N) is 2. The standard InChI is InChI=1S/C21H23F2N3O4S/c1-15(27)16-2-4-17(5-3-16)25-10-12-26(13-11-25)21(28)8-9-24-31(29,30)18-6-7-19(22)20(23)14-18/h2-7,14,24H,8-13H2,1H3. The molecule has 1 aliphatic heterocycles. The van der Waals surface area contributed by atoms with Gasteiger partial charge in [0.05, 0.1) is 4.90 Å². The molecule has 31 heavy (non-hydrogen) atoms. The van der Waals surface area contributed by atoms with Crippen LogP contribution in [0.3, 0.4) is 0 Å². The lowest BCUT2D eigenvalue weighted by molar-refractivity contribution is -0.131. The van der Waals surface area contributed by atoms with E-state index >= 15 is 0 Å². The Kier molecular flexibility index (Phi) is 7.01. The third kappa shape index (κ3) is 5.65. The van der Waals surface area contributed by atoms with Crippen LogP contribution < -0.4 is 9.62 Å². The topological polar surface area (TPSA) is 86.8 Å². The van der Waals surface area contributed by atoms with Crippen molar-refractivity contribution in [2.24, 2.45) is 0 Å². The van der Waals surface area contributed by atoms with Crippen LogP contribution in [0.1, 0.15) is 23.7 Å². The molecule has 0 aliphatic carbocycles. The third-order valence-corrected chi connectivity index (χ3v) is 6.56. The summed E-state index contributed by atoms with van der Waals surface area (Å²) >= 11 is 0. The lowest BCUT2D eigenvalue weighted by Crippen LogP contribution is -2.49. The monoisotopic (exact) mass is 451 g/mol. The fourth-order valence-electron chi connectivity index (χ4n) is 3.30. The van der Waals surface area contributed by atoms with E-state index in [2.05, 4.69) is 9.62 Å². The van der Waals surface area contributed by atoms with Crippen LogP contribution in [0, 0.1) is 11.6 Å². The summed E-state index contributed by atoms with van der Waals surface area (Å²) in [7, 11) is -4.04. The molecule has 3 rings (SSSR count). The molecule has 1 amide bonds. The minimum Gasteiger partial charge on any atom is -0.368 e. The number of ketones is 1. The molecule has 0 atom stereocenters. The Labute approximate surface area is 179 Å². The predicted octanol–water partition coefficient (Wildman–Crippen LogP) is 2.18.